The number of benzene rings is 2. The van der Waals surface area contributed by atoms with Gasteiger partial charge in [-0.15, -0.1) is 0 Å². The predicted molar refractivity (Wildman–Crippen MR) is 101 cm³/mol. The topological polar surface area (TPSA) is 70.0 Å². The van der Waals surface area contributed by atoms with Crippen LogP contribution in [0.1, 0.15) is 11.3 Å². The van der Waals surface area contributed by atoms with Crippen molar-refractivity contribution in [3.8, 4) is 5.75 Å². The Labute approximate surface area is 147 Å². The minimum atomic E-state index is 0.151. The highest BCUT2D eigenvalue weighted by molar-refractivity contribution is 6.00. The second kappa shape index (κ2) is 7.97. The molecule has 3 aromatic rings. The van der Waals surface area contributed by atoms with Crippen LogP contribution in [0.3, 0.4) is 0 Å². The van der Waals surface area contributed by atoms with Gasteiger partial charge in [0.1, 0.15) is 18.2 Å². The number of nitrogens with zero attached hydrogens (tertiary/aromatic N) is 1. The number of aryl methyl sites for hydroxylation is 1. The van der Waals surface area contributed by atoms with Gasteiger partial charge in [0, 0.05) is 17.4 Å². The molecule has 0 unspecified atom stereocenters. The first-order valence-corrected chi connectivity index (χ1v) is 8.02. The Morgan fingerprint density at radius 2 is 1.76 bits per heavy atom. The van der Waals surface area contributed by atoms with Gasteiger partial charge in [0.25, 0.3) is 0 Å². The van der Waals surface area contributed by atoms with Crippen LogP contribution in [-0.2, 0) is 6.61 Å². The van der Waals surface area contributed by atoms with Crippen LogP contribution in [0.4, 0.5) is 11.5 Å². The molecule has 0 aliphatic heterocycles. The summed E-state index contributed by atoms with van der Waals surface area (Å²) in [6.07, 6.45) is 0. The highest BCUT2D eigenvalue weighted by atomic mass is 16.5. The second-order valence-electron chi connectivity index (χ2n) is 5.59. The summed E-state index contributed by atoms with van der Waals surface area (Å²) in [5, 5.41) is 14.0. The van der Waals surface area contributed by atoms with Gasteiger partial charge in [0.15, 0.2) is 5.96 Å². The van der Waals surface area contributed by atoms with Crippen molar-refractivity contribution in [3.63, 3.8) is 0 Å². The lowest BCUT2D eigenvalue weighted by molar-refractivity contribution is 0.306. The zero-order valence-corrected chi connectivity index (χ0v) is 14.0. The normalized spacial score (nSPS) is 10.1. The molecule has 1 aromatic heterocycles. The van der Waals surface area contributed by atoms with Crippen molar-refractivity contribution in [1.29, 1.82) is 5.41 Å². The summed E-state index contributed by atoms with van der Waals surface area (Å²) in [4.78, 5) is 4.32. The fourth-order valence-corrected chi connectivity index (χ4v) is 2.32. The van der Waals surface area contributed by atoms with Gasteiger partial charge < -0.3 is 15.4 Å². The number of guanidine groups is 1. The van der Waals surface area contributed by atoms with Crippen LogP contribution in [0.15, 0.2) is 72.8 Å². The molecule has 0 radical (unpaired) electrons. The van der Waals surface area contributed by atoms with Crippen LogP contribution >= 0.6 is 0 Å². The maximum Gasteiger partial charge on any atom is 0.198 e. The standard InChI is InChI=1S/C20H20N4O/c1-15-7-5-12-19(22-15)24-20(21)23-17-10-6-11-18(13-17)25-14-16-8-3-2-4-9-16/h2-13H,14H2,1H3,(H3,21,22,23,24). The first kappa shape index (κ1) is 16.5. The molecule has 5 heteroatoms. The molecule has 25 heavy (non-hydrogen) atoms. The van der Waals surface area contributed by atoms with Crippen LogP contribution in [0.5, 0.6) is 5.75 Å². The molecule has 0 aliphatic rings. The van der Waals surface area contributed by atoms with E-state index in [1.807, 2.05) is 79.7 Å². The van der Waals surface area contributed by atoms with E-state index >= 15 is 0 Å². The molecule has 3 rings (SSSR count). The summed E-state index contributed by atoms with van der Waals surface area (Å²) in [6, 6.07) is 23.2. The Hall–Kier alpha value is -3.34. The molecule has 0 amide bonds. The molecule has 0 fully saturated rings. The Morgan fingerprint density at radius 3 is 2.56 bits per heavy atom. The van der Waals surface area contributed by atoms with Gasteiger partial charge in [-0.3, -0.25) is 5.41 Å². The summed E-state index contributed by atoms with van der Waals surface area (Å²) < 4.78 is 5.81. The van der Waals surface area contributed by atoms with Gasteiger partial charge in [0.05, 0.1) is 0 Å². The lowest BCUT2D eigenvalue weighted by Gasteiger charge is -2.12. The van der Waals surface area contributed by atoms with Gasteiger partial charge in [-0.25, -0.2) is 4.98 Å². The third-order valence-corrected chi connectivity index (χ3v) is 3.49. The number of pyridine rings is 1. The van der Waals surface area contributed by atoms with Crippen LogP contribution in [-0.4, -0.2) is 10.9 Å². The number of ether oxygens (including phenoxy) is 1. The molecule has 2 aromatic carbocycles. The van der Waals surface area contributed by atoms with E-state index in [1.54, 1.807) is 0 Å². The number of aromatic nitrogens is 1. The van der Waals surface area contributed by atoms with E-state index in [0.29, 0.717) is 12.4 Å². The van der Waals surface area contributed by atoms with Crippen molar-refractivity contribution in [2.24, 2.45) is 0 Å². The van der Waals surface area contributed by atoms with Crippen LogP contribution in [0, 0.1) is 12.3 Å². The monoisotopic (exact) mass is 332 g/mol. The Balaban J connectivity index is 1.58. The van der Waals surface area contributed by atoms with E-state index < -0.39 is 0 Å². The fourth-order valence-electron chi connectivity index (χ4n) is 2.32. The molecule has 0 atom stereocenters. The Morgan fingerprint density at radius 1 is 0.960 bits per heavy atom. The molecule has 0 aliphatic carbocycles. The number of hydrogen-bond donors (Lipinski definition) is 3. The highest BCUT2D eigenvalue weighted by Crippen LogP contribution is 2.19. The summed E-state index contributed by atoms with van der Waals surface area (Å²) in [7, 11) is 0. The number of rotatable bonds is 5. The molecular weight excluding hydrogens is 312 g/mol. The lowest BCUT2D eigenvalue weighted by atomic mass is 10.2. The molecule has 5 nitrogen and oxygen atoms in total. The SMILES string of the molecule is Cc1cccc(NC(=N)Nc2cccc(OCc3ccccc3)c2)n1. The van der Waals surface area contributed by atoms with Crippen molar-refractivity contribution >= 4 is 17.5 Å². The van der Waals surface area contributed by atoms with E-state index in [9.17, 15) is 0 Å². The minimum absolute atomic E-state index is 0.151. The summed E-state index contributed by atoms with van der Waals surface area (Å²) in [6.45, 7) is 2.42. The molecule has 1 heterocycles. The lowest BCUT2D eigenvalue weighted by Crippen LogP contribution is -2.21. The smallest absolute Gasteiger partial charge is 0.198 e. The first-order chi connectivity index (χ1) is 12.2. The van der Waals surface area contributed by atoms with Crippen molar-refractivity contribution < 1.29 is 4.74 Å². The summed E-state index contributed by atoms with van der Waals surface area (Å²) in [5.41, 5.74) is 2.78. The zero-order valence-electron chi connectivity index (χ0n) is 14.0. The summed E-state index contributed by atoms with van der Waals surface area (Å²) >= 11 is 0. The predicted octanol–water partition coefficient (Wildman–Crippen LogP) is 4.43. The summed E-state index contributed by atoms with van der Waals surface area (Å²) in [5.74, 6) is 1.53. The van der Waals surface area contributed by atoms with Crippen molar-refractivity contribution in [2.45, 2.75) is 13.5 Å². The maximum absolute atomic E-state index is 8.04. The van der Waals surface area contributed by atoms with Crippen molar-refractivity contribution in [2.75, 3.05) is 10.6 Å². The van der Waals surface area contributed by atoms with E-state index in [-0.39, 0.29) is 5.96 Å². The maximum atomic E-state index is 8.04. The van der Waals surface area contributed by atoms with Gasteiger partial charge in [-0.1, -0.05) is 42.5 Å². The molecule has 126 valence electrons. The first-order valence-electron chi connectivity index (χ1n) is 8.02. The third-order valence-electron chi connectivity index (χ3n) is 3.49. The highest BCUT2D eigenvalue weighted by Gasteiger charge is 2.02. The van der Waals surface area contributed by atoms with Gasteiger partial charge in [-0.05, 0) is 36.8 Å². The Kier molecular flexibility index (Phi) is 5.26. The van der Waals surface area contributed by atoms with E-state index in [1.165, 1.54) is 0 Å². The van der Waals surface area contributed by atoms with Crippen LogP contribution in [0.2, 0.25) is 0 Å². The van der Waals surface area contributed by atoms with Gasteiger partial charge in [0.2, 0.25) is 0 Å². The third kappa shape index (κ3) is 5.07. The second-order valence-corrected chi connectivity index (χ2v) is 5.59. The largest absolute Gasteiger partial charge is 0.489 e. The molecular formula is C20H20N4O. The molecule has 3 N–H and O–H groups in total. The van der Waals surface area contributed by atoms with Gasteiger partial charge >= 0.3 is 0 Å². The Bertz CT molecular complexity index is 849. The molecule has 0 bridgehead atoms. The van der Waals surface area contributed by atoms with E-state index in [4.69, 9.17) is 10.1 Å². The molecule has 0 spiro atoms. The quantitative estimate of drug-likeness (QED) is 0.477. The van der Waals surface area contributed by atoms with Crippen molar-refractivity contribution in [1.82, 2.24) is 4.98 Å². The van der Waals surface area contributed by atoms with Crippen molar-refractivity contribution in [3.05, 3.63) is 84.1 Å². The van der Waals surface area contributed by atoms with Crippen LogP contribution < -0.4 is 15.4 Å². The van der Waals surface area contributed by atoms with E-state index in [0.717, 1.165) is 22.7 Å². The van der Waals surface area contributed by atoms with E-state index in [2.05, 4.69) is 15.6 Å². The van der Waals surface area contributed by atoms with Crippen LogP contribution in [0.25, 0.3) is 0 Å². The molecule has 0 saturated heterocycles. The number of hydrogen-bond acceptors (Lipinski definition) is 3. The average molecular weight is 332 g/mol. The number of anilines is 2. The minimum Gasteiger partial charge on any atom is -0.489 e. The zero-order chi connectivity index (χ0) is 17.5. The average Bonchev–Trinajstić information content (AvgIpc) is 2.61. The number of nitrogens with one attached hydrogen (secondary N) is 3. The fraction of sp³-hybridized carbons (Fsp3) is 0.100. The molecule has 0 saturated carbocycles. The van der Waals surface area contributed by atoms with Gasteiger partial charge in [-0.2, -0.15) is 0 Å².